The molecule has 0 aliphatic rings. The molecule has 1 aromatic heterocycles. The van der Waals surface area contributed by atoms with Gasteiger partial charge in [0, 0.05) is 21.4 Å². The maximum Gasteiger partial charge on any atom is 0.239 e. The Kier molecular flexibility index (Phi) is 5.83. The van der Waals surface area contributed by atoms with Gasteiger partial charge in [0.25, 0.3) is 0 Å². The third-order valence-corrected chi connectivity index (χ3v) is 4.83. The molecule has 0 N–H and O–H groups in total. The summed E-state index contributed by atoms with van der Waals surface area (Å²) in [5.74, 6) is 2.14. The Morgan fingerprint density at radius 1 is 1.20 bits per heavy atom. The van der Waals surface area contributed by atoms with Gasteiger partial charge in [-0.05, 0) is 36.8 Å². The van der Waals surface area contributed by atoms with Crippen molar-refractivity contribution in [3.05, 3.63) is 65.0 Å². The molecule has 130 valence electrons. The second-order valence-electron chi connectivity index (χ2n) is 5.48. The SMILES string of the molecule is Cc1cccc(OCC[S@@](=O)Cc2nc(-c3cccc(Cl)c3)no2)c1. The molecule has 2 aromatic carbocycles. The smallest absolute Gasteiger partial charge is 0.239 e. The Hall–Kier alpha value is -2.18. The number of hydrogen-bond acceptors (Lipinski definition) is 5. The van der Waals surface area contributed by atoms with E-state index in [9.17, 15) is 4.21 Å². The molecule has 7 heteroatoms. The molecule has 0 amide bonds. The van der Waals surface area contributed by atoms with Crippen LogP contribution in [0.4, 0.5) is 0 Å². The lowest BCUT2D eigenvalue weighted by Gasteiger charge is -2.06. The van der Waals surface area contributed by atoms with Crippen LogP contribution in [0.1, 0.15) is 11.5 Å². The van der Waals surface area contributed by atoms with Gasteiger partial charge in [-0.3, -0.25) is 4.21 Å². The molecule has 5 nitrogen and oxygen atoms in total. The molecule has 0 aliphatic heterocycles. The zero-order valence-corrected chi connectivity index (χ0v) is 15.2. The minimum Gasteiger partial charge on any atom is -0.493 e. The number of halogens is 1. The number of aryl methyl sites for hydroxylation is 1. The highest BCUT2D eigenvalue weighted by molar-refractivity contribution is 7.84. The van der Waals surface area contributed by atoms with Gasteiger partial charge in [0.2, 0.25) is 11.7 Å². The van der Waals surface area contributed by atoms with Crippen LogP contribution in [0.2, 0.25) is 5.02 Å². The van der Waals surface area contributed by atoms with Gasteiger partial charge < -0.3 is 9.26 Å². The zero-order chi connectivity index (χ0) is 17.6. The van der Waals surface area contributed by atoms with Gasteiger partial charge >= 0.3 is 0 Å². The highest BCUT2D eigenvalue weighted by atomic mass is 35.5. The average Bonchev–Trinajstić information content (AvgIpc) is 3.03. The molecule has 25 heavy (non-hydrogen) atoms. The highest BCUT2D eigenvalue weighted by Crippen LogP contribution is 2.20. The van der Waals surface area contributed by atoms with E-state index < -0.39 is 10.8 Å². The number of nitrogens with zero attached hydrogens (tertiary/aromatic N) is 2. The first-order valence-corrected chi connectivity index (χ1v) is 9.60. The second-order valence-corrected chi connectivity index (χ2v) is 7.49. The van der Waals surface area contributed by atoms with Gasteiger partial charge in [0.15, 0.2) is 0 Å². The van der Waals surface area contributed by atoms with Crippen molar-refractivity contribution in [2.75, 3.05) is 12.4 Å². The van der Waals surface area contributed by atoms with E-state index in [2.05, 4.69) is 10.1 Å². The molecule has 0 bridgehead atoms. The Morgan fingerprint density at radius 3 is 2.84 bits per heavy atom. The summed E-state index contributed by atoms with van der Waals surface area (Å²) in [7, 11) is -1.14. The minimum atomic E-state index is -1.14. The number of aromatic nitrogens is 2. The highest BCUT2D eigenvalue weighted by Gasteiger charge is 2.12. The van der Waals surface area contributed by atoms with E-state index >= 15 is 0 Å². The predicted octanol–water partition coefficient (Wildman–Crippen LogP) is 4.03. The fourth-order valence-electron chi connectivity index (χ4n) is 2.23. The van der Waals surface area contributed by atoms with E-state index in [1.807, 2.05) is 43.3 Å². The van der Waals surface area contributed by atoms with Crippen molar-refractivity contribution in [1.29, 1.82) is 0 Å². The fourth-order valence-corrected chi connectivity index (χ4v) is 3.22. The van der Waals surface area contributed by atoms with Crippen LogP contribution in [0.3, 0.4) is 0 Å². The van der Waals surface area contributed by atoms with Crippen molar-refractivity contribution in [3.63, 3.8) is 0 Å². The molecule has 0 aliphatic carbocycles. The van der Waals surface area contributed by atoms with E-state index in [1.165, 1.54) is 0 Å². The zero-order valence-electron chi connectivity index (χ0n) is 13.6. The van der Waals surface area contributed by atoms with Gasteiger partial charge in [-0.2, -0.15) is 4.98 Å². The van der Waals surface area contributed by atoms with Crippen LogP contribution in [0, 0.1) is 6.92 Å². The first kappa shape index (κ1) is 17.6. The monoisotopic (exact) mass is 376 g/mol. The molecule has 3 rings (SSSR count). The molecule has 1 atom stereocenters. The van der Waals surface area contributed by atoms with Crippen molar-refractivity contribution < 1.29 is 13.5 Å². The van der Waals surface area contributed by atoms with Crippen LogP contribution in [0.5, 0.6) is 5.75 Å². The largest absolute Gasteiger partial charge is 0.493 e. The van der Waals surface area contributed by atoms with Crippen molar-refractivity contribution >= 4 is 22.4 Å². The van der Waals surface area contributed by atoms with Gasteiger partial charge in [0.05, 0.1) is 12.4 Å². The molecular weight excluding hydrogens is 360 g/mol. The summed E-state index contributed by atoms with van der Waals surface area (Å²) in [4.78, 5) is 4.27. The standard InChI is InChI=1S/C18H17ClN2O3S/c1-13-4-2-7-16(10-13)23-8-9-25(22)12-17-20-18(21-24-17)14-5-3-6-15(19)11-14/h2-7,10-11H,8-9,12H2,1H3/t25-/m1/s1. The summed E-state index contributed by atoms with van der Waals surface area (Å²) in [6.45, 7) is 2.36. The summed E-state index contributed by atoms with van der Waals surface area (Å²) >= 11 is 5.95. The van der Waals surface area contributed by atoms with E-state index in [4.69, 9.17) is 20.9 Å². The molecule has 0 radical (unpaired) electrons. The number of ether oxygens (including phenoxy) is 1. The lowest BCUT2D eigenvalue weighted by atomic mass is 10.2. The van der Waals surface area contributed by atoms with Crippen molar-refractivity contribution in [3.8, 4) is 17.1 Å². The maximum absolute atomic E-state index is 12.2. The quantitative estimate of drug-likeness (QED) is 0.623. The van der Waals surface area contributed by atoms with Gasteiger partial charge in [-0.15, -0.1) is 0 Å². The summed E-state index contributed by atoms with van der Waals surface area (Å²) < 4.78 is 22.9. The molecule has 3 aromatic rings. The van der Waals surface area contributed by atoms with Crippen LogP contribution in [-0.4, -0.2) is 26.7 Å². The number of hydrogen-bond donors (Lipinski definition) is 0. The maximum atomic E-state index is 12.2. The van der Waals surface area contributed by atoms with Gasteiger partial charge in [0.1, 0.15) is 11.5 Å². The van der Waals surface area contributed by atoms with Crippen LogP contribution >= 0.6 is 11.6 Å². The lowest BCUT2D eigenvalue weighted by Crippen LogP contribution is -2.10. The van der Waals surface area contributed by atoms with Gasteiger partial charge in [-0.25, -0.2) is 0 Å². The summed E-state index contributed by atoms with van der Waals surface area (Å²) in [6, 6.07) is 14.9. The Morgan fingerprint density at radius 2 is 2.04 bits per heavy atom. The molecule has 0 fully saturated rings. The third-order valence-electron chi connectivity index (χ3n) is 3.40. The van der Waals surface area contributed by atoms with E-state index in [-0.39, 0.29) is 5.75 Å². The molecule has 0 saturated heterocycles. The van der Waals surface area contributed by atoms with Crippen LogP contribution < -0.4 is 4.74 Å². The Bertz CT molecular complexity index is 882. The van der Waals surface area contributed by atoms with Crippen LogP contribution in [0.25, 0.3) is 11.4 Å². The normalized spacial score (nSPS) is 12.1. The second kappa shape index (κ2) is 8.27. The lowest BCUT2D eigenvalue weighted by molar-refractivity contribution is 0.342. The van der Waals surface area contributed by atoms with Crippen molar-refractivity contribution in [1.82, 2.24) is 10.1 Å². The summed E-state index contributed by atoms with van der Waals surface area (Å²) in [5, 5.41) is 4.51. The average molecular weight is 377 g/mol. The molecule has 0 saturated carbocycles. The topological polar surface area (TPSA) is 65.2 Å². The molecular formula is C18H17ClN2O3S. The molecule has 0 spiro atoms. The molecule has 0 unspecified atom stereocenters. The van der Waals surface area contributed by atoms with E-state index in [1.54, 1.807) is 12.1 Å². The Balaban J connectivity index is 1.51. The summed E-state index contributed by atoms with van der Waals surface area (Å²) in [5.41, 5.74) is 1.88. The van der Waals surface area contributed by atoms with Crippen molar-refractivity contribution in [2.24, 2.45) is 0 Å². The van der Waals surface area contributed by atoms with Crippen molar-refractivity contribution in [2.45, 2.75) is 12.7 Å². The van der Waals surface area contributed by atoms with Crippen LogP contribution in [0.15, 0.2) is 53.1 Å². The number of benzene rings is 2. The molecule has 1 heterocycles. The summed E-state index contributed by atoms with van der Waals surface area (Å²) in [6.07, 6.45) is 0. The first-order valence-electron chi connectivity index (χ1n) is 7.73. The third kappa shape index (κ3) is 5.14. The van der Waals surface area contributed by atoms with Crippen LogP contribution in [-0.2, 0) is 16.6 Å². The fraction of sp³-hybridized carbons (Fsp3) is 0.222. The first-order chi connectivity index (χ1) is 12.1. The van der Waals surface area contributed by atoms with Gasteiger partial charge in [-0.1, -0.05) is 41.0 Å². The van der Waals surface area contributed by atoms with E-state index in [0.29, 0.717) is 29.1 Å². The Labute approximate surface area is 153 Å². The minimum absolute atomic E-state index is 0.199. The predicted molar refractivity (Wildman–Crippen MR) is 98.1 cm³/mol. The number of rotatable bonds is 7. The van der Waals surface area contributed by atoms with E-state index in [0.717, 1.165) is 16.9 Å².